The summed E-state index contributed by atoms with van der Waals surface area (Å²) in [6.45, 7) is 6.14. The Morgan fingerprint density at radius 3 is 2.70 bits per heavy atom. The number of nitrogens with one attached hydrogen (secondary N) is 2. The lowest BCUT2D eigenvalue weighted by atomic mass is 10.2. The molecule has 0 fully saturated rings. The van der Waals surface area contributed by atoms with Gasteiger partial charge in [0, 0.05) is 24.4 Å². The van der Waals surface area contributed by atoms with Gasteiger partial charge >= 0.3 is 0 Å². The molecule has 2 N–H and O–H groups in total. The first kappa shape index (κ1) is 24.3. The third-order valence-electron chi connectivity index (χ3n) is 4.60. The molecule has 3 aromatic rings. The van der Waals surface area contributed by atoms with Gasteiger partial charge in [-0.3, -0.25) is 0 Å². The molecule has 0 amide bonds. The lowest BCUT2D eigenvalue weighted by Crippen LogP contribution is -2.40. The van der Waals surface area contributed by atoms with Crippen molar-refractivity contribution in [2.24, 2.45) is 4.99 Å². The molecule has 162 valence electrons. The first-order chi connectivity index (χ1) is 14.2. The van der Waals surface area contributed by atoms with Crippen molar-refractivity contribution in [3.8, 4) is 0 Å². The zero-order valence-electron chi connectivity index (χ0n) is 17.2. The normalized spacial score (nSPS) is 12.3. The van der Waals surface area contributed by atoms with Crippen LogP contribution in [0.3, 0.4) is 0 Å². The van der Waals surface area contributed by atoms with Crippen molar-refractivity contribution in [1.82, 2.24) is 25.4 Å². The van der Waals surface area contributed by atoms with E-state index in [-0.39, 0.29) is 35.8 Å². The average Bonchev–Trinajstić information content (AvgIpc) is 3.42. The molecule has 0 spiro atoms. The maximum absolute atomic E-state index is 13.2. The van der Waals surface area contributed by atoms with Crippen LogP contribution in [-0.4, -0.2) is 27.3 Å². The van der Waals surface area contributed by atoms with Crippen LogP contribution in [-0.2, 0) is 19.5 Å². The van der Waals surface area contributed by atoms with Crippen LogP contribution >= 0.6 is 35.3 Å². The Labute approximate surface area is 198 Å². The molecule has 0 radical (unpaired) electrons. The van der Waals surface area contributed by atoms with Crippen LogP contribution in [0, 0.1) is 5.82 Å². The average molecular weight is 542 g/mol. The van der Waals surface area contributed by atoms with Gasteiger partial charge in [-0.2, -0.15) is 0 Å². The summed E-state index contributed by atoms with van der Waals surface area (Å²) < 4.78 is 15.2. The summed E-state index contributed by atoms with van der Waals surface area (Å²) >= 11 is 1.73. The highest BCUT2D eigenvalue weighted by Gasteiger charge is 2.12. The largest absolute Gasteiger partial charge is 0.355 e. The molecule has 1 atom stereocenters. The van der Waals surface area contributed by atoms with E-state index >= 15 is 0 Å². The van der Waals surface area contributed by atoms with E-state index in [2.05, 4.69) is 52.2 Å². The van der Waals surface area contributed by atoms with Crippen molar-refractivity contribution in [3.63, 3.8) is 0 Å². The minimum absolute atomic E-state index is 0. The number of aliphatic imine (C=N–C) groups is 1. The maximum Gasteiger partial charge on any atom is 0.192 e. The lowest BCUT2D eigenvalue weighted by molar-refractivity contribution is 0.595. The molecule has 2 heterocycles. The third kappa shape index (κ3) is 7.05. The highest BCUT2D eigenvalue weighted by Crippen LogP contribution is 2.21. The van der Waals surface area contributed by atoms with Crippen LogP contribution in [0.4, 0.5) is 4.39 Å². The Morgan fingerprint density at radius 1 is 1.23 bits per heavy atom. The lowest BCUT2D eigenvalue weighted by Gasteiger charge is -2.20. The maximum atomic E-state index is 13.2. The second-order valence-corrected chi connectivity index (χ2v) is 7.61. The number of aryl methyl sites for hydroxylation is 1. The summed E-state index contributed by atoms with van der Waals surface area (Å²) in [7, 11) is 0. The van der Waals surface area contributed by atoms with E-state index < -0.39 is 0 Å². The van der Waals surface area contributed by atoms with Crippen LogP contribution in [0.5, 0.6) is 0 Å². The van der Waals surface area contributed by atoms with Gasteiger partial charge in [0.2, 0.25) is 0 Å². The third-order valence-corrected chi connectivity index (χ3v) is 5.58. The number of benzene rings is 1. The SMILES string of the molecule is CCc1nncn1CCNC(=NCc1ccc(F)cc1)NC(CC)c1cccs1.I. The Balaban J connectivity index is 0.00000320. The Morgan fingerprint density at radius 2 is 2.03 bits per heavy atom. The van der Waals surface area contributed by atoms with Crippen LogP contribution in [0.1, 0.15) is 42.6 Å². The molecule has 0 aliphatic rings. The summed E-state index contributed by atoms with van der Waals surface area (Å²) in [5.41, 5.74) is 0.962. The van der Waals surface area contributed by atoms with Gasteiger partial charge in [0.1, 0.15) is 18.0 Å². The number of aromatic nitrogens is 3. The molecule has 0 saturated carbocycles. The Hall–Kier alpha value is -2.01. The summed E-state index contributed by atoms with van der Waals surface area (Å²) in [6.07, 6.45) is 3.55. The highest BCUT2D eigenvalue weighted by molar-refractivity contribution is 14.0. The quantitative estimate of drug-likeness (QED) is 0.237. The van der Waals surface area contributed by atoms with Crippen molar-refractivity contribution in [2.45, 2.75) is 45.8 Å². The van der Waals surface area contributed by atoms with Crippen molar-refractivity contribution in [3.05, 3.63) is 70.2 Å². The van der Waals surface area contributed by atoms with E-state index in [1.54, 1.807) is 29.8 Å². The summed E-state index contributed by atoms with van der Waals surface area (Å²) in [6, 6.07) is 10.8. The van der Waals surface area contributed by atoms with E-state index in [1.807, 2.05) is 4.57 Å². The van der Waals surface area contributed by atoms with Gasteiger partial charge in [-0.15, -0.1) is 45.5 Å². The predicted molar refractivity (Wildman–Crippen MR) is 131 cm³/mol. The number of rotatable bonds is 9. The van der Waals surface area contributed by atoms with E-state index in [1.165, 1.54) is 17.0 Å². The molecule has 1 aromatic carbocycles. The van der Waals surface area contributed by atoms with Crippen LogP contribution in [0.2, 0.25) is 0 Å². The van der Waals surface area contributed by atoms with Crippen molar-refractivity contribution >= 4 is 41.3 Å². The fourth-order valence-electron chi connectivity index (χ4n) is 2.98. The number of hydrogen-bond donors (Lipinski definition) is 2. The molecular weight excluding hydrogens is 514 g/mol. The predicted octanol–water partition coefficient (Wildman–Crippen LogP) is 4.55. The summed E-state index contributed by atoms with van der Waals surface area (Å²) in [5, 5.41) is 17.1. The number of nitrogens with zero attached hydrogens (tertiary/aromatic N) is 4. The van der Waals surface area contributed by atoms with Gasteiger partial charge in [0.15, 0.2) is 5.96 Å². The monoisotopic (exact) mass is 542 g/mol. The zero-order chi connectivity index (χ0) is 20.5. The number of halogens is 2. The molecule has 2 aromatic heterocycles. The topological polar surface area (TPSA) is 67.1 Å². The van der Waals surface area contributed by atoms with Crippen molar-refractivity contribution in [1.29, 1.82) is 0 Å². The van der Waals surface area contributed by atoms with Crippen molar-refractivity contribution in [2.75, 3.05) is 6.54 Å². The molecular formula is C21H28FIN6S. The van der Waals surface area contributed by atoms with Gasteiger partial charge in [-0.1, -0.05) is 32.0 Å². The number of guanidine groups is 1. The molecule has 6 nitrogen and oxygen atoms in total. The van der Waals surface area contributed by atoms with Gasteiger partial charge in [0.05, 0.1) is 12.6 Å². The smallest absolute Gasteiger partial charge is 0.192 e. The molecule has 30 heavy (non-hydrogen) atoms. The summed E-state index contributed by atoms with van der Waals surface area (Å²) in [4.78, 5) is 5.99. The van der Waals surface area contributed by atoms with Gasteiger partial charge in [-0.25, -0.2) is 9.38 Å². The van der Waals surface area contributed by atoms with E-state index in [9.17, 15) is 4.39 Å². The minimum atomic E-state index is -0.237. The van der Waals surface area contributed by atoms with Crippen LogP contribution < -0.4 is 10.6 Å². The Kier molecular flexibility index (Phi) is 10.2. The fourth-order valence-corrected chi connectivity index (χ4v) is 3.84. The van der Waals surface area contributed by atoms with E-state index in [0.717, 1.165) is 36.7 Å². The summed E-state index contributed by atoms with van der Waals surface area (Å²) in [5.74, 6) is 1.47. The zero-order valence-corrected chi connectivity index (χ0v) is 20.4. The first-order valence-corrected chi connectivity index (χ1v) is 10.8. The molecule has 0 aliphatic carbocycles. The van der Waals surface area contributed by atoms with Gasteiger partial charge in [0.25, 0.3) is 0 Å². The molecule has 0 saturated heterocycles. The van der Waals surface area contributed by atoms with E-state index in [4.69, 9.17) is 4.99 Å². The fraction of sp³-hybridized carbons (Fsp3) is 0.381. The first-order valence-electron chi connectivity index (χ1n) is 9.89. The molecule has 3 rings (SSSR count). The van der Waals surface area contributed by atoms with Crippen molar-refractivity contribution < 1.29 is 4.39 Å². The van der Waals surface area contributed by atoms with Crippen LogP contribution in [0.15, 0.2) is 53.1 Å². The second-order valence-electron chi connectivity index (χ2n) is 6.63. The molecule has 9 heteroatoms. The number of thiophene rings is 1. The second kappa shape index (κ2) is 12.6. The van der Waals surface area contributed by atoms with E-state index in [0.29, 0.717) is 13.1 Å². The molecule has 0 bridgehead atoms. The standard InChI is InChI=1S/C21H27FN6S.HI/c1-3-18(19-6-5-13-29-19)26-21(24-14-16-7-9-17(22)10-8-16)23-11-12-28-15-25-27-20(28)4-2;/h5-10,13,15,18H,3-4,11-12,14H2,1-2H3,(H2,23,24,26);1H. The molecule has 1 unspecified atom stereocenters. The van der Waals surface area contributed by atoms with Gasteiger partial charge < -0.3 is 15.2 Å². The van der Waals surface area contributed by atoms with Gasteiger partial charge in [-0.05, 0) is 35.6 Å². The van der Waals surface area contributed by atoms with Crippen LogP contribution in [0.25, 0.3) is 0 Å². The number of hydrogen-bond acceptors (Lipinski definition) is 4. The molecule has 0 aliphatic heterocycles. The Bertz CT molecular complexity index is 895. The highest BCUT2D eigenvalue weighted by atomic mass is 127. The minimum Gasteiger partial charge on any atom is -0.355 e.